The van der Waals surface area contributed by atoms with E-state index in [0.717, 1.165) is 29.3 Å². The molecule has 1 aromatic rings. The van der Waals surface area contributed by atoms with Crippen LogP contribution in [0.25, 0.3) is 0 Å². The van der Waals surface area contributed by atoms with Gasteiger partial charge < -0.3 is 0 Å². The van der Waals surface area contributed by atoms with Gasteiger partial charge in [0.05, 0.1) is 5.56 Å². The molecule has 0 aliphatic heterocycles. The fourth-order valence-electron chi connectivity index (χ4n) is 2.02. The average Bonchev–Trinajstić information content (AvgIpc) is 2.57. The largest absolute Gasteiger partial charge is 0.416 e. The summed E-state index contributed by atoms with van der Waals surface area (Å²) >= 11 is 3.34. The first-order valence-electron chi connectivity index (χ1n) is 4.78. The zero-order valence-electron chi connectivity index (χ0n) is 7.94. The fourth-order valence-corrected chi connectivity index (χ4v) is 2.70. The molecule has 1 aromatic carbocycles. The van der Waals surface area contributed by atoms with E-state index >= 15 is 0 Å². The second kappa shape index (κ2) is 3.81. The Kier molecular flexibility index (Phi) is 2.79. The molecule has 0 radical (unpaired) electrons. The van der Waals surface area contributed by atoms with Gasteiger partial charge in [-0.3, -0.25) is 0 Å². The molecule has 0 heterocycles. The molecule has 1 aliphatic carbocycles. The van der Waals surface area contributed by atoms with Gasteiger partial charge in [-0.15, -0.1) is 0 Å². The third-order valence-corrected chi connectivity index (χ3v) is 3.64. The lowest BCUT2D eigenvalue weighted by Gasteiger charge is -2.11. The van der Waals surface area contributed by atoms with E-state index in [0.29, 0.717) is 0 Å². The molecule has 0 N–H and O–H groups in total. The van der Waals surface area contributed by atoms with Crippen LogP contribution in [0.1, 0.15) is 29.0 Å². The summed E-state index contributed by atoms with van der Waals surface area (Å²) in [4.78, 5) is 0. The Morgan fingerprint density at radius 1 is 1.33 bits per heavy atom. The van der Waals surface area contributed by atoms with Gasteiger partial charge in [0.2, 0.25) is 0 Å². The first-order chi connectivity index (χ1) is 7.02. The molecule has 0 amide bonds. The summed E-state index contributed by atoms with van der Waals surface area (Å²) in [5.74, 6) is 0.238. The lowest BCUT2D eigenvalue weighted by molar-refractivity contribution is -0.137. The molecule has 0 nitrogen and oxygen atoms in total. The monoisotopic (exact) mass is 278 g/mol. The minimum Gasteiger partial charge on any atom is -0.166 e. The molecule has 15 heavy (non-hydrogen) atoms. The molecule has 1 atom stereocenters. The molecule has 2 rings (SSSR count). The number of benzene rings is 1. The quantitative estimate of drug-likeness (QED) is 0.678. The van der Waals surface area contributed by atoms with Crippen LogP contribution in [0.5, 0.6) is 0 Å². The SMILES string of the molecule is FC(F)(F)c1ccc2c(c1)C(CBr)CC2. The molecule has 0 bridgehead atoms. The lowest BCUT2D eigenvalue weighted by Crippen LogP contribution is -2.06. The van der Waals surface area contributed by atoms with E-state index < -0.39 is 11.7 Å². The van der Waals surface area contributed by atoms with Crippen LogP contribution in [0.3, 0.4) is 0 Å². The topological polar surface area (TPSA) is 0 Å². The molecule has 0 saturated heterocycles. The molecule has 0 saturated carbocycles. The molecule has 1 unspecified atom stereocenters. The number of hydrogen-bond donors (Lipinski definition) is 0. The van der Waals surface area contributed by atoms with Crippen molar-refractivity contribution in [2.24, 2.45) is 0 Å². The van der Waals surface area contributed by atoms with E-state index in [9.17, 15) is 13.2 Å². The highest BCUT2D eigenvalue weighted by molar-refractivity contribution is 9.09. The van der Waals surface area contributed by atoms with Crippen molar-refractivity contribution in [3.8, 4) is 0 Å². The van der Waals surface area contributed by atoms with Crippen molar-refractivity contribution in [1.29, 1.82) is 0 Å². The maximum absolute atomic E-state index is 12.5. The number of fused-ring (bicyclic) bond motifs is 1. The molecule has 0 aromatic heterocycles. The first kappa shape index (κ1) is 11.0. The molecular weight excluding hydrogens is 269 g/mol. The summed E-state index contributed by atoms with van der Waals surface area (Å²) in [6, 6.07) is 4.09. The normalized spacial score (nSPS) is 20.4. The van der Waals surface area contributed by atoms with Crippen molar-refractivity contribution >= 4 is 15.9 Å². The zero-order chi connectivity index (χ0) is 11.1. The number of alkyl halides is 4. The fraction of sp³-hybridized carbons (Fsp3) is 0.455. The van der Waals surface area contributed by atoms with Gasteiger partial charge in [-0.25, -0.2) is 0 Å². The van der Waals surface area contributed by atoms with E-state index in [1.54, 1.807) is 6.07 Å². The van der Waals surface area contributed by atoms with Crippen LogP contribution in [0.4, 0.5) is 13.2 Å². The van der Waals surface area contributed by atoms with Crippen LogP contribution < -0.4 is 0 Å². The molecule has 0 spiro atoms. The highest BCUT2D eigenvalue weighted by Crippen LogP contribution is 2.38. The Hall–Kier alpha value is -0.510. The van der Waals surface area contributed by atoms with Crippen molar-refractivity contribution in [3.05, 3.63) is 34.9 Å². The van der Waals surface area contributed by atoms with Gasteiger partial charge in [0.15, 0.2) is 0 Å². The van der Waals surface area contributed by atoms with Crippen LogP contribution in [0.2, 0.25) is 0 Å². The predicted octanol–water partition coefficient (Wildman–Crippen LogP) is 4.13. The number of hydrogen-bond acceptors (Lipinski definition) is 0. The van der Waals surface area contributed by atoms with E-state index in [1.807, 2.05) is 0 Å². The third-order valence-electron chi connectivity index (χ3n) is 2.86. The summed E-state index contributed by atoms with van der Waals surface area (Å²) in [7, 11) is 0. The predicted molar refractivity (Wildman–Crippen MR) is 56.3 cm³/mol. The van der Waals surface area contributed by atoms with Crippen molar-refractivity contribution in [3.63, 3.8) is 0 Å². The van der Waals surface area contributed by atoms with E-state index in [2.05, 4.69) is 15.9 Å². The summed E-state index contributed by atoms with van der Waals surface area (Å²) in [6.07, 6.45) is -2.39. The van der Waals surface area contributed by atoms with Gasteiger partial charge in [0.1, 0.15) is 0 Å². The Balaban J connectivity index is 2.41. The molecule has 1 aliphatic rings. The second-order valence-corrected chi connectivity index (χ2v) is 4.45. The minimum atomic E-state index is -4.23. The van der Waals surface area contributed by atoms with Crippen molar-refractivity contribution in [2.45, 2.75) is 24.9 Å². The van der Waals surface area contributed by atoms with Gasteiger partial charge in [-0.05, 0) is 42.0 Å². The highest BCUT2D eigenvalue weighted by atomic mass is 79.9. The van der Waals surface area contributed by atoms with Crippen molar-refractivity contribution in [1.82, 2.24) is 0 Å². The Morgan fingerprint density at radius 2 is 2.07 bits per heavy atom. The summed E-state index contributed by atoms with van der Waals surface area (Å²) in [5.41, 5.74) is 1.39. The summed E-state index contributed by atoms with van der Waals surface area (Å²) < 4.78 is 37.4. The van der Waals surface area contributed by atoms with Crippen molar-refractivity contribution in [2.75, 3.05) is 5.33 Å². The number of aryl methyl sites for hydroxylation is 1. The molecule has 4 heteroatoms. The van der Waals surface area contributed by atoms with E-state index in [-0.39, 0.29) is 5.92 Å². The van der Waals surface area contributed by atoms with Gasteiger partial charge in [-0.2, -0.15) is 13.2 Å². The molecule has 82 valence electrons. The zero-order valence-corrected chi connectivity index (χ0v) is 9.53. The van der Waals surface area contributed by atoms with Crippen LogP contribution >= 0.6 is 15.9 Å². The maximum atomic E-state index is 12.5. The minimum absolute atomic E-state index is 0.238. The third kappa shape index (κ3) is 2.05. The Morgan fingerprint density at radius 3 is 2.67 bits per heavy atom. The number of rotatable bonds is 1. The van der Waals surface area contributed by atoms with Crippen LogP contribution in [0, 0.1) is 0 Å². The van der Waals surface area contributed by atoms with Crippen molar-refractivity contribution < 1.29 is 13.2 Å². The van der Waals surface area contributed by atoms with E-state index in [4.69, 9.17) is 0 Å². The highest BCUT2D eigenvalue weighted by Gasteiger charge is 2.32. The second-order valence-electron chi connectivity index (χ2n) is 3.80. The van der Waals surface area contributed by atoms with Gasteiger partial charge in [0.25, 0.3) is 0 Å². The first-order valence-corrected chi connectivity index (χ1v) is 5.90. The summed E-state index contributed by atoms with van der Waals surface area (Å²) in [6.45, 7) is 0. The van der Waals surface area contributed by atoms with E-state index in [1.165, 1.54) is 12.1 Å². The molecular formula is C11H10BrF3. The Bertz CT molecular complexity index is 371. The average molecular weight is 279 g/mol. The smallest absolute Gasteiger partial charge is 0.166 e. The molecule has 0 fully saturated rings. The van der Waals surface area contributed by atoms with Crippen LogP contribution in [0.15, 0.2) is 18.2 Å². The Labute approximate surface area is 94.6 Å². The maximum Gasteiger partial charge on any atom is 0.416 e. The van der Waals surface area contributed by atoms with Crippen LogP contribution in [-0.4, -0.2) is 5.33 Å². The van der Waals surface area contributed by atoms with Gasteiger partial charge in [0, 0.05) is 5.33 Å². The lowest BCUT2D eigenvalue weighted by atomic mass is 10.0. The standard InChI is InChI=1S/C11H10BrF3/c12-6-8-2-1-7-3-4-9(5-10(7)8)11(13,14)15/h3-5,8H,1-2,6H2. The van der Waals surface area contributed by atoms with Gasteiger partial charge >= 0.3 is 6.18 Å². The number of halogens is 4. The van der Waals surface area contributed by atoms with Gasteiger partial charge in [-0.1, -0.05) is 22.0 Å². The van der Waals surface area contributed by atoms with Crippen LogP contribution in [-0.2, 0) is 12.6 Å². The summed E-state index contributed by atoms with van der Waals surface area (Å²) in [5, 5.41) is 0.737.